The SMILES string of the molecule is CCOC(=O)CN(CC(=O)NC(=O)NC1CCCCC1)Cc1ccc(C(F)(F)F)cc1. The Labute approximate surface area is 179 Å². The number of nitrogens with zero attached hydrogens (tertiary/aromatic N) is 1. The molecule has 2 N–H and O–H groups in total. The van der Waals surface area contributed by atoms with Crippen molar-refractivity contribution in [3.05, 3.63) is 35.4 Å². The zero-order valence-electron chi connectivity index (χ0n) is 17.5. The third-order valence-corrected chi connectivity index (χ3v) is 4.91. The van der Waals surface area contributed by atoms with E-state index in [9.17, 15) is 27.6 Å². The fraction of sp³-hybridized carbons (Fsp3) is 0.571. The quantitative estimate of drug-likeness (QED) is 0.603. The summed E-state index contributed by atoms with van der Waals surface area (Å²) in [6.07, 6.45) is 0.466. The second-order valence-corrected chi connectivity index (χ2v) is 7.50. The lowest BCUT2D eigenvalue weighted by atomic mass is 9.96. The Bertz CT molecular complexity index is 747. The normalized spacial score (nSPS) is 14.9. The number of amides is 3. The van der Waals surface area contributed by atoms with Gasteiger partial charge in [-0.3, -0.25) is 19.8 Å². The predicted molar refractivity (Wildman–Crippen MR) is 107 cm³/mol. The van der Waals surface area contributed by atoms with Crippen LogP contribution in [0.5, 0.6) is 0 Å². The van der Waals surface area contributed by atoms with Crippen LogP contribution in [0.4, 0.5) is 18.0 Å². The molecule has 0 spiro atoms. The van der Waals surface area contributed by atoms with E-state index in [1.54, 1.807) is 6.92 Å². The van der Waals surface area contributed by atoms with Gasteiger partial charge in [0.25, 0.3) is 0 Å². The summed E-state index contributed by atoms with van der Waals surface area (Å²) in [7, 11) is 0. The van der Waals surface area contributed by atoms with Gasteiger partial charge in [-0.1, -0.05) is 31.4 Å². The highest BCUT2D eigenvalue weighted by atomic mass is 19.4. The lowest BCUT2D eigenvalue weighted by Gasteiger charge is -2.24. The van der Waals surface area contributed by atoms with Gasteiger partial charge < -0.3 is 10.1 Å². The van der Waals surface area contributed by atoms with Crippen LogP contribution in [0.25, 0.3) is 0 Å². The highest BCUT2D eigenvalue weighted by Gasteiger charge is 2.30. The van der Waals surface area contributed by atoms with E-state index in [1.165, 1.54) is 17.0 Å². The molecule has 0 unspecified atom stereocenters. The molecule has 1 aliphatic rings. The Balaban J connectivity index is 1.95. The Morgan fingerprint density at radius 3 is 2.29 bits per heavy atom. The zero-order valence-corrected chi connectivity index (χ0v) is 17.5. The highest BCUT2D eigenvalue weighted by Crippen LogP contribution is 2.29. The van der Waals surface area contributed by atoms with E-state index in [-0.39, 0.29) is 32.3 Å². The first-order chi connectivity index (χ1) is 14.7. The lowest BCUT2D eigenvalue weighted by molar-refractivity contribution is -0.144. The smallest absolute Gasteiger partial charge is 0.416 e. The van der Waals surface area contributed by atoms with E-state index in [0.29, 0.717) is 5.56 Å². The van der Waals surface area contributed by atoms with Crippen molar-refractivity contribution in [2.24, 2.45) is 0 Å². The first-order valence-corrected chi connectivity index (χ1v) is 10.3. The molecular weight excluding hydrogens is 415 g/mol. The summed E-state index contributed by atoms with van der Waals surface area (Å²) in [6.45, 7) is 1.29. The molecule has 1 fully saturated rings. The van der Waals surface area contributed by atoms with Gasteiger partial charge in [-0.05, 0) is 37.5 Å². The molecule has 3 amide bonds. The second kappa shape index (κ2) is 11.7. The third kappa shape index (κ3) is 8.95. The van der Waals surface area contributed by atoms with Gasteiger partial charge in [-0.2, -0.15) is 13.2 Å². The summed E-state index contributed by atoms with van der Waals surface area (Å²) < 4.78 is 43.1. The van der Waals surface area contributed by atoms with Gasteiger partial charge >= 0.3 is 18.2 Å². The number of alkyl halides is 3. The van der Waals surface area contributed by atoms with Gasteiger partial charge in [0.05, 0.1) is 25.3 Å². The van der Waals surface area contributed by atoms with Crippen LogP contribution in [0, 0.1) is 0 Å². The molecule has 0 aromatic heterocycles. The van der Waals surface area contributed by atoms with E-state index in [0.717, 1.165) is 44.2 Å². The summed E-state index contributed by atoms with van der Waals surface area (Å²) in [6, 6.07) is 3.89. The predicted octanol–water partition coefficient (Wildman–Crippen LogP) is 3.23. The van der Waals surface area contributed by atoms with E-state index >= 15 is 0 Å². The van der Waals surface area contributed by atoms with Crippen molar-refractivity contribution in [1.29, 1.82) is 0 Å². The fourth-order valence-corrected chi connectivity index (χ4v) is 3.45. The maximum atomic E-state index is 12.7. The molecule has 0 saturated heterocycles. The molecule has 1 aromatic rings. The number of imide groups is 1. The number of hydrogen-bond donors (Lipinski definition) is 2. The van der Waals surface area contributed by atoms with Crippen LogP contribution in [0.2, 0.25) is 0 Å². The highest BCUT2D eigenvalue weighted by molar-refractivity contribution is 5.95. The molecular formula is C21H28F3N3O4. The molecule has 0 atom stereocenters. The van der Waals surface area contributed by atoms with E-state index in [1.807, 2.05) is 0 Å². The number of benzene rings is 1. The maximum absolute atomic E-state index is 12.7. The van der Waals surface area contributed by atoms with Crippen LogP contribution in [0.3, 0.4) is 0 Å². The number of hydrogen-bond acceptors (Lipinski definition) is 5. The lowest BCUT2D eigenvalue weighted by Crippen LogP contribution is -2.48. The van der Waals surface area contributed by atoms with Gasteiger partial charge in [-0.25, -0.2) is 4.79 Å². The minimum atomic E-state index is -4.45. The first-order valence-electron chi connectivity index (χ1n) is 10.3. The summed E-state index contributed by atoms with van der Waals surface area (Å²) >= 11 is 0. The van der Waals surface area contributed by atoms with Crippen LogP contribution in [0.15, 0.2) is 24.3 Å². The Morgan fingerprint density at radius 1 is 1.06 bits per heavy atom. The number of ether oxygens (including phenoxy) is 1. The molecule has 1 saturated carbocycles. The van der Waals surface area contributed by atoms with Crippen molar-refractivity contribution in [2.75, 3.05) is 19.7 Å². The van der Waals surface area contributed by atoms with Crippen LogP contribution in [0.1, 0.15) is 50.2 Å². The minimum absolute atomic E-state index is 0.0318. The average molecular weight is 443 g/mol. The first kappa shape index (κ1) is 24.6. The molecule has 0 heterocycles. The van der Waals surface area contributed by atoms with Gasteiger partial charge in [-0.15, -0.1) is 0 Å². The molecule has 172 valence electrons. The fourth-order valence-electron chi connectivity index (χ4n) is 3.45. The Hall–Kier alpha value is -2.62. The van der Waals surface area contributed by atoms with Crippen molar-refractivity contribution in [3.8, 4) is 0 Å². The molecule has 10 heteroatoms. The summed E-state index contributed by atoms with van der Waals surface area (Å²) in [5.41, 5.74) is -0.304. The third-order valence-electron chi connectivity index (χ3n) is 4.91. The molecule has 0 radical (unpaired) electrons. The van der Waals surface area contributed by atoms with Gasteiger partial charge in [0.1, 0.15) is 0 Å². The average Bonchev–Trinajstić information content (AvgIpc) is 2.68. The minimum Gasteiger partial charge on any atom is -0.465 e. The molecule has 7 nitrogen and oxygen atoms in total. The molecule has 31 heavy (non-hydrogen) atoms. The Kier molecular flexibility index (Phi) is 9.29. The molecule has 0 aliphatic heterocycles. The van der Waals surface area contributed by atoms with Crippen molar-refractivity contribution < 1.29 is 32.3 Å². The van der Waals surface area contributed by atoms with Crippen molar-refractivity contribution in [3.63, 3.8) is 0 Å². The Morgan fingerprint density at radius 2 is 1.71 bits per heavy atom. The largest absolute Gasteiger partial charge is 0.465 e. The molecule has 1 aliphatic carbocycles. The molecule has 1 aromatic carbocycles. The summed E-state index contributed by atoms with van der Waals surface area (Å²) in [5.74, 6) is -1.20. The van der Waals surface area contributed by atoms with E-state index < -0.39 is 29.6 Å². The van der Waals surface area contributed by atoms with Gasteiger partial charge in [0, 0.05) is 12.6 Å². The molecule has 0 bridgehead atoms. The summed E-state index contributed by atoms with van der Waals surface area (Å²) in [4.78, 5) is 37.6. The van der Waals surface area contributed by atoms with Crippen LogP contribution in [-0.2, 0) is 27.0 Å². The number of urea groups is 1. The van der Waals surface area contributed by atoms with Crippen LogP contribution in [-0.4, -0.2) is 48.5 Å². The van der Waals surface area contributed by atoms with Crippen molar-refractivity contribution in [2.45, 2.75) is 57.8 Å². The zero-order chi connectivity index (χ0) is 22.9. The second-order valence-electron chi connectivity index (χ2n) is 7.50. The number of halogens is 3. The van der Waals surface area contributed by atoms with E-state index in [4.69, 9.17) is 4.74 Å². The number of nitrogens with one attached hydrogen (secondary N) is 2. The van der Waals surface area contributed by atoms with Crippen LogP contribution < -0.4 is 10.6 Å². The van der Waals surface area contributed by atoms with E-state index in [2.05, 4.69) is 10.6 Å². The number of carbonyl (C=O) groups excluding carboxylic acids is 3. The topological polar surface area (TPSA) is 87.7 Å². The number of rotatable bonds is 8. The maximum Gasteiger partial charge on any atom is 0.416 e. The van der Waals surface area contributed by atoms with Crippen molar-refractivity contribution >= 4 is 17.9 Å². The monoisotopic (exact) mass is 443 g/mol. The summed E-state index contributed by atoms with van der Waals surface area (Å²) in [5, 5.41) is 5.01. The standard InChI is InChI=1S/C21H28F3N3O4/c1-2-31-19(29)14-27(12-15-8-10-16(11-9-15)21(22,23)24)13-18(28)26-20(30)25-17-6-4-3-5-7-17/h8-11,17H,2-7,12-14H2,1H3,(H2,25,26,28,30). The number of esters is 1. The van der Waals surface area contributed by atoms with Gasteiger partial charge in [0.15, 0.2) is 0 Å². The van der Waals surface area contributed by atoms with Crippen molar-refractivity contribution in [1.82, 2.24) is 15.5 Å². The number of carbonyl (C=O) groups is 3. The van der Waals surface area contributed by atoms with Gasteiger partial charge in [0.2, 0.25) is 5.91 Å². The van der Waals surface area contributed by atoms with Crippen LogP contribution >= 0.6 is 0 Å². The molecule has 2 rings (SSSR count).